The van der Waals surface area contributed by atoms with Crippen molar-refractivity contribution in [3.63, 3.8) is 0 Å². The predicted molar refractivity (Wildman–Crippen MR) is 144 cm³/mol. The molecule has 0 spiro atoms. The van der Waals surface area contributed by atoms with Crippen molar-refractivity contribution >= 4 is 20.3 Å². The summed E-state index contributed by atoms with van der Waals surface area (Å²) in [4.78, 5) is 0. The Bertz CT molecular complexity index is 1420. The molecular weight excluding hydrogens is 577 g/mol. The van der Waals surface area contributed by atoms with E-state index in [1.54, 1.807) is 0 Å². The first kappa shape index (κ1) is 29.8. The molecule has 1 aromatic heterocycles. The van der Waals surface area contributed by atoms with Gasteiger partial charge in [-0.15, -0.1) is 56.4 Å². The van der Waals surface area contributed by atoms with Crippen molar-refractivity contribution in [2.45, 2.75) is 0 Å². The van der Waals surface area contributed by atoms with Crippen molar-refractivity contribution in [2.75, 3.05) is 0 Å². The van der Waals surface area contributed by atoms with Gasteiger partial charge in [0.25, 0.3) is 0 Å². The number of benzene rings is 4. The zero-order valence-electron chi connectivity index (χ0n) is 19.5. The van der Waals surface area contributed by atoms with Crippen molar-refractivity contribution in [1.82, 2.24) is 0 Å². The second-order valence-electron chi connectivity index (χ2n) is 7.85. The van der Waals surface area contributed by atoms with E-state index in [0.29, 0.717) is 8.19 Å². The first-order valence-corrected chi connectivity index (χ1v) is 12.0. The van der Waals surface area contributed by atoms with Crippen molar-refractivity contribution in [1.29, 1.82) is 0 Å². The molecule has 5 aromatic rings. The quantitative estimate of drug-likeness (QED) is 0.274. The molecule has 36 heavy (non-hydrogen) atoms. The van der Waals surface area contributed by atoms with Crippen LogP contribution in [0.25, 0.3) is 45.3 Å². The summed E-state index contributed by atoms with van der Waals surface area (Å²) in [7, 11) is 0.581. The molecule has 0 amide bonds. The fourth-order valence-corrected chi connectivity index (χ4v) is 5.27. The minimum absolute atomic E-state index is 0. The van der Waals surface area contributed by atoms with E-state index in [9.17, 15) is 0 Å². The molecule has 4 heteroatoms. The number of hydrogen-bond donors (Lipinski definition) is 0. The molecule has 0 bridgehead atoms. The van der Waals surface area contributed by atoms with Gasteiger partial charge in [-0.1, -0.05) is 126 Å². The van der Waals surface area contributed by atoms with Gasteiger partial charge < -0.3 is 24.8 Å². The number of allylic oxidation sites excluding steroid dienone is 1. The van der Waals surface area contributed by atoms with Crippen LogP contribution in [-0.2, 0) is 26.2 Å². The van der Waals surface area contributed by atoms with Crippen LogP contribution >= 0.6 is 8.19 Å². The fraction of sp³-hybridized carbons (Fsp3) is 0. The SMILES string of the molecule is C=C1[C-]=c2ccccc2=C1.[Cl-].[Cl-].[Zr+4].[c-]1[pH]c(-c2ccccc2)c(-c2ccccc2)c1-c1ccccc1. The van der Waals surface area contributed by atoms with Crippen LogP contribution in [0.15, 0.2) is 127 Å². The molecule has 0 nitrogen and oxygen atoms in total. The zero-order chi connectivity index (χ0) is 22.5. The largest absolute Gasteiger partial charge is 4.00 e. The fourth-order valence-electron chi connectivity index (χ4n) is 4.04. The number of fused-ring (bicyclic) bond motifs is 1. The van der Waals surface area contributed by atoms with Crippen molar-refractivity contribution in [2.24, 2.45) is 0 Å². The Morgan fingerprint density at radius 1 is 0.583 bits per heavy atom. The molecule has 174 valence electrons. The summed E-state index contributed by atoms with van der Waals surface area (Å²) in [5.41, 5.74) is 7.33. The van der Waals surface area contributed by atoms with Gasteiger partial charge in [0, 0.05) is 0 Å². The molecule has 1 aliphatic carbocycles. The second kappa shape index (κ2) is 14.4. The van der Waals surface area contributed by atoms with Crippen molar-refractivity contribution in [3.05, 3.63) is 144 Å². The van der Waals surface area contributed by atoms with Crippen LogP contribution in [0, 0.1) is 5.80 Å². The number of halogens is 2. The number of hydrogen-bond acceptors (Lipinski definition) is 0. The van der Waals surface area contributed by atoms with E-state index < -0.39 is 0 Å². The van der Waals surface area contributed by atoms with E-state index in [0.717, 1.165) is 10.8 Å². The van der Waals surface area contributed by atoms with Crippen molar-refractivity contribution < 1.29 is 51.0 Å². The summed E-state index contributed by atoms with van der Waals surface area (Å²) in [5, 5.41) is 3.77. The summed E-state index contributed by atoms with van der Waals surface area (Å²) >= 11 is 0. The summed E-state index contributed by atoms with van der Waals surface area (Å²) < 4.78 is 0. The molecule has 1 atom stereocenters. The standard InChI is InChI=1S/C22H16P.C10H7.2ClH.Zr/c1-4-10-17(11-5-1)20-16-23-22(19-14-8-3-9-15-19)21(20)18-12-6-2-7-13-18;1-8-6-9-4-2-3-5-10(9)7-8;;;/h1-15,23H;2-6H,1H2;2*1H;/q2*-1;;;+4/p-2. The maximum absolute atomic E-state index is 3.80. The maximum Gasteiger partial charge on any atom is 4.00 e. The first-order valence-electron chi connectivity index (χ1n) is 11.0. The Morgan fingerprint density at radius 3 is 1.67 bits per heavy atom. The van der Waals surface area contributed by atoms with Gasteiger partial charge in [0.15, 0.2) is 0 Å². The molecule has 0 fully saturated rings. The van der Waals surface area contributed by atoms with Gasteiger partial charge >= 0.3 is 26.2 Å². The second-order valence-corrected chi connectivity index (χ2v) is 8.85. The molecule has 4 aromatic carbocycles. The predicted octanol–water partition coefficient (Wildman–Crippen LogP) is 1.22. The Hall–Kier alpha value is -2.40. The first-order chi connectivity index (χ1) is 16.3. The summed E-state index contributed by atoms with van der Waals surface area (Å²) in [5.74, 6) is 3.64. The van der Waals surface area contributed by atoms with Gasteiger partial charge in [-0.25, -0.2) is 8.19 Å². The Balaban J connectivity index is 0.000000299. The molecule has 6 rings (SSSR count). The molecule has 0 saturated heterocycles. The third-order valence-electron chi connectivity index (χ3n) is 5.59. The Labute approximate surface area is 246 Å². The van der Waals surface area contributed by atoms with Gasteiger partial charge in [0.05, 0.1) is 0 Å². The van der Waals surface area contributed by atoms with E-state index in [1.165, 1.54) is 38.3 Å². The van der Waals surface area contributed by atoms with Gasteiger partial charge in [-0.3, -0.25) is 0 Å². The maximum atomic E-state index is 3.80. The van der Waals surface area contributed by atoms with Crippen LogP contribution in [0.3, 0.4) is 0 Å². The average Bonchev–Trinajstić information content (AvgIpc) is 3.49. The van der Waals surface area contributed by atoms with E-state index in [-0.39, 0.29) is 51.0 Å². The molecule has 0 radical (unpaired) electrons. The van der Waals surface area contributed by atoms with Gasteiger partial charge in [0.1, 0.15) is 0 Å². The molecule has 1 aliphatic rings. The van der Waals surface area contributed by atoms with Crippen LogP contribution < -0.4 is 35.3 Å². The third kappa shape index (κ3) is 6.88. The van der Waals surface area contributed by atoms with E-state index in [4.69, 9.17) is 0 Å². The number of rotatable bonds is 3. The monoisotopic (exact) mass is 598 g/mol. The van der Waals surface area contributed by atoms with Gasteiger partial charge in [-0.05, 0) is 0 Å². The Morgan fingerprint density at radius 2 is 1.08 bits per heavy atom. The van der Waals surface area contributed by atoms with Crippen LogP contribution in [0.2, 0.25) is 0 Å². The van der Waals surface area contributed by atoms with Crippen molar-refractivity contribution in [3.8, 4) is 33.1 Å². The van der Waals surface area contributed by atoms with Gasteiger partial charge in [0.2, 0.25) is 0 Å². The molecule has 1 heterocycles. The molecule has 0 N–H and O–H groups in total. The summed E-state index contributed by atoms with van der Waals surface area (Å²) in [6.45, 7) is 3.80. The van der Waals surface area contributed by atoms with E-state index >= 15 is 0 Å². The topological polar surface area (TPSA) is 0 Å². The van der Waals surface area contributed by atoms with E-state index in [2.05, 4.69) is 116 Å². The third-order valence-corrected chi connectivity index (χ3v) is 6.75. The summed E-state index contributed by atoms with van der Waals surface area (Å²) in [6.07, 6.45) is 5.18. The summed E-state index contributed by atoms with van der Waals surface area (Å²) in [6, 6.07) is 40.1. The molecule has 1 unspecified atom stereocenters. The zero-order valence-corrected chi connectivity index (χ0v) is 24.5. The molecule has 0 aliphatic heterocycles. The average molecular weight is 601 g/mol. The molecular formula is C32H23Cl2PZr. The molecule has 0 saturated carbocycles. The normalized spacial score (nSPS) is 10.8. The van der Waals surface area contributed by atoms with E-state index in [1.807, 2.05) is 24.3 Å². The van der Waals surface area contributed by atoms with Crippen LogP contribution in [0.1, 0.15) is 0 Å². The van der Waals surface area contributed by atoms with Gasteiger partial charge in [-0.2, -0.15) is 6.58 Å². The minimum Gasteiger partial charge on any atom is -1.00 e. The van der Waals surface area contributed by atoms with Crippen LogP contribution in [-0.4, -0.2) is 0 Å². The smallest absolute Gasteiger partial charge is 1.00 e. The Kier molecular flexibility index (Phi) is 11.9. The minimum atomic E-state index is 0. The van der Waals surface area contributed by atoms with Crippen LogP contribution in [0.5, 0.6) is 0 Å². The van der Waals surface area contributed by atoms with Crippen LogP contribution in [0.4, 0.5) is 0 Å².